The van der Waals surface area contributed by atoms with Gasteiger partial charge in [0.2, 0.25) is 0 Å². The van der Waals surface area contributed by atoms with E-state index in [1.165, 1.54) is 12.1 Å². The molecular formula is C21H23NO7. The van der Waals surface area contributed by atoms with E-state index < -0.39 is 10.9 Å². The SMILES string of the molecule is CC(C)(C)c1ccccc1OCC(=O)OCc1cc([N+](=O)[O-])cc2c1OCOC2. The van der Waals surface area contributed by atoms with E-state index in [1.54, 1.807) is 6.07 Å². The largest absolute Gasteiger partial charge is 0.482 e. The van der Waals surface area contributed by atoms with Crippen molar-refractivity contribution < 1.29 is 28.7 Å². The van der Waals surface area contributed by atoms with Crippen molar-refractivity contribution in [2.24, 2.45) is 0 Å². The molecule has 1 heterocycles. The number of rotatable bonds is 6. The third-order valence-corrected chi connectivity index (χ3v) is 4.41. The quantitative estimate of drug-likeness (QED) is 0.412. The van der Waals surface area contributed by atoms with Crippen LogP contribution in [0.1, 0.15) is 37.5 Å². The molecule has 0 radical (unpaired) electrons. The van der Waals surface area contributed by atoms with E-state index in [1.807, 2.05) is 18.2 Å². The second kappa shape index (κ2) is 8.48. The Hall–Kier alpha value is -3.13. The molecule has 0 atom stereocenters. The minimum absolute atomic E-state index is 0.0401. The average Bonchev–Trinajstić information content (AvgIpc) is 2.69. The summed E-state index contributed by atoms with van der Waals surface area (Å²) in [6, 6.07) is 10.2. The Balaban J connectivity index is 1.66. The summed E-state index contributed by atoms with van der Waals surface area (Å²) in [5, 5.41) is 11.1. The van der Waals surface area contributed by atoms with E-state index in [9.17, 15) is 14.9 Å². The molecule has 0 saturated carbocycles. The van der Waals surface area contributed by atoms with Crippen LogP contribution >= 0.6 is 0 Å². The highest BCUT2D eigenvalue weighted by molar-refractivity contribution is 5.71. The Morgan fingerprint density at radius 2 is 2.00 bits per heavy atom. The zero-order valence-corrected chi connectivity index (χ0v) is 16.6. The molecule has 8 heteroatoms. The first kappa shape index (κ1) is 20.6. The van der Waals surface area contributed by atoms with E-state index in [0.717, 1.165) is 5.56 Å². The Labute approximate surface area is 168 Å². The number of nitro groups is 1. The van der Waals surface area contributed by atoms with Crippen molar-refractivity contribution in [3.05, 3.63) is 63.2 Å². The third-order valence-electron chi connectivity index (χ3n) is 4.41. The zero-order chi connectivity index (χ0) is 21.0. The standard InChI is InChI=1S/C21H23NO7/c1-21(2,3)17-6-4-5-7-18(17)27-12-19(23)28-11-15-9-16(22(24)25)8-14-10-26-13-29-20(14)15/h4-9H,10-13H2,1-3H3. The van der Waals surface area contributed by atoms with Gasteiger partial charge in [0.15, 0.2) is 13.4 Å². The van der Waals surface area contributed by atoms with Crippen molar-refractivity contribution in [1.82, 2.24) is 0 Å². The number of hydrogen-bond acceptors (Lipinski definition) is 7. The van der Waals surface area contributed by atoms with Gasteiger partial charge in [0.05, 0.1) is 11.5 Å². The summed E-state index contributed by atoms with van der Waals surface area (Å²) in [5.41, 5.74) is 1.70. The summed E-state index contributed by atoms with van der Waals surface area (Å²) in [6.07, 6.45) is 0. The van der Waals surface area contributed by atoms with Gasteiger partial charge in [0.25, 0.3) is 5.69 Å². The molecular weight excluding hydrogens is 378 g/mol. The highest BCUT2D eigenvalue weighted by Gasteiger charge is 2.22. The fourth-order valence-corrected chi connectivity index (χ4v) is 3.04. The first-order chi connectivity index (χ1) is 13.8. The normalized spacial score (nSPS) is 13.2. The van der Waals surface area contributed by atoms with Crippen LogP contribution in [0.4, 0.5) is 5.69 Å². The maximum Gasteiger partial charge on any atom is 0.344 e. The number of hydrogen-bond donors (Lipinski definition) is 0. The molecule has 0 unspecified atom stereocenters. The van der Waals surface area contributed by atoms with E-state index in [4.69, 9.17) is 18.9 Å². The lowest BCUT2D eigenvalue weighted by molar-refractivity contribution is -0.385. The Bertz CT molecular complexity index is 918. The van der Waals surface area contributed by atoms with E-state index >= 15 is 0 Å². The molecule has 1 aliphatic rings. The molecule has 0 amide bonds. The van der Waals surface area contributed by atoms with Crippen LogP contribution in [0.25, 0.3) is 0 Å². The van der Waals surface area contributed by atoms with Gasteiger partial charge in [-0.05, 0) is 17.0 Å². The first-order valence-electron chi connectivity index (χ1n) is 9.14. The second-order valence-electron chi connectivity index (χ2n) is 7.66. The van der Waals surface area contributed by atoms with Crippen molar-refractivity contribution in [1.29, 1.82) is 0 Å². The molecule has 0 fully saturated rings. The summed E-state index contributed by atoms with van der Waals surface area (Å²) < 4.78 is 21.5. The van der Waals surface area contributed by atoms with Crippen molar-refractivity contribution >= 4 is 11.7 Å². The fraction of sp³-hybridized carbons (Fsp3) is 0.381. The number of nitrogens with zero attached hydrogens (tertiary/aromatic N) is 1. The van der Waals surface area contributed by atoms with E-state index in [-0.39, 0.29) is 37.7 Å². The topological polar surface area (TPSA) is 97.1 Å². The molecule has 29 heavy (non-hydrogen) atoms. The zero-order valence-electron chi connectivity index (χ0n) is 16.6. The molecule has 8 nitrogen and oxygen atoms in total. The predicted molar refractivity (Wildman–Crippen MR) is 104 cm³/mol. The van der Waals surface area contributed by atoms with E-state index in [2.05, 4.69) is 20.8 Å². The van der Waals surface area contributed by atoms with Crippen LogP contribution < -0.4 is 9.47 Å². The summed E-state index contributed by atoms with van der Waals surface area (Å²) in [7, 11) is 0. The lowest BCUT2D eigenvalue weighted by Crippen LogP contribution is -2.19. The number of benzene rings is 2. The van der Waals surface area contributed by atoms with Gasteiger partial charge in [-0.25, -0.2) is 4.79 Å². The number of para-hydroxylation sites is 1. The minimum atomic E-state index is -0.582. The van der Waals surface area contributed by atoms with Gasteiger partial charge in [-0.15, -0.1) is 0 Å². The number of non-ortho nitro benzene ring substituents is 1. The van der Waals surface area contributed by atoms with Crippen LogP contribution in [0.3, 0.4) is 0 Å². The third kappa shape index (κ3) is 5.03. The van der Waals surface area contributed by atoms with Gasteiger partial charge in [0.1, 0.15) is 18.1 Å². The van der Waals surface area contributed by atoms with Gasteiger partial charge in [-0.2, -0.15) is 0 Å². The number of fused-ring (bicyclic) bond motifs is 1. The molecule has 0 spiro atoms. The summed E-state index contributed by atoms with van der Waals surface area (Å²) in [5.74, 6) is 0.486. The molecule has 154 valence electrons. The van der Waals surface area contributed by atoms with Gasteiger partial charge in [0, 0.05) is 23.3 Å². The van der Waals surface area contributed by atoms with Gasteiger partial charge in [-0.3, -0.25) is 10.1 Å². The van der Waals surface area contributed by atoms with Crippen LogP contribution in [-0.2, 0) is 32.9 Å². The van der Waals surface area contributed by atoms with Crippen LogP contribution in [-0.4, -0.2) is 24.3 Å². The first-order valence-corrected chi connectivity index (χ1v) is 9.14. The van der Waals surface area contributed by atoms with Gasteiger partial charge < -0.3 is 18.9 Å². The van der Waals surface area contributed by atoms with Crippen molar-refractivity contribution in [3.8, 4) is 11.5 Å². The van der Waals surface area contributed by atoms with E-state index in [0.29, 0.717) is 22.6 Å². The number of carbonyl (C=O) groups is 1. The fourth-order valence-electron chi connectivity index (χ4n) is 3.04. The van der Waals surface area contributed by atoms with Crippen LogP contribution in [0.15, 0.2) is 36.4 Å². The molecule has 0 aliphatic carbocycles. The maximum atomic E-state index is 12.2. The van der Waals surface area contributed by atoms with Gasteiger partial charge in [-0.1, -0.05) is 39.0 Å². The molecule has 0 N–H and O–H groups in total. The lowest BCUT2D eigenvalue weighted by atomic mass is 9.86. The number of carbonyl (C=O) groups excluding carboxylic acids is 1. The lowest BCUT2D eigenvalue weighted by Gasteiger charge is -2.22. The van der Waals surface area contributed by atoms with Crippen LogP contribution in [0.5, 0.6) is 11.5 Å². The number of nitro benzene ring substituents is 1. The Morgan fingerprint density at radius 1 is 1.24 bits per heavy atom. The van der Waals surface area contributed by atoms with Crippen LogP contribution in [0, 0.1) is 10.1 Å². The summed E-state index contributed by atoms with van der Waals surface area (Å²) in [6.45, 7) is 5.98. The highest BCUT2D eigenvalue weighted by atomic mass is 16.7. The monoisotopic (exact) mass is 401 g/mol. The summed E-state index contributed by atoms with van der Waals surface area (Å²) >= 11 is 0. The highest BCUT2D eigenvalue weighted by Crippen LogP contribution is 2.33. The average molecular weight is 401 g/mol. The van der Waals surface area contributed by atoms with Crippen molar-refractivity contribution in [2.75, 3.05) is 13.4 Å². The van der Waals surface area contributed by atoms with Gasteiger partial charge >= 0.3 is 5.97 Å². The maximum absolute atomic E-state index is 12.2. The molecule has 0 aromatic heterocycles. The Morgan fingerprint density at radius 3 is 2.72 bits per heavy atom. The van der Waals surface area contributed by atoms with Crippen molar-refractivity contribution in [3.63, 3.8) is 0 Å². The van der Waals surface area contributed by atoms with Crippen LogP contribution in [0.2, 0.25) is 0 Å². The number of ether oxygens (including phenoxy) is 4. The number of esters is 1. The molecule has 1 aliphatic heterocycles. The molecule has 3 rings (SSSR count). The Kier molecular flexibility index (Phi) is 6.03. The predicted octanol–water partition coefficient (Wildman–Crippen LogP) is 3.88. The van der Waals surface area contributed by atoms with Crippen molar-refractivity contribution in [2.45, 2.75) is 39.4 Å². The molecule has 0 saturated heterocycles. The molecule has 0 bridgehead atoms. The molecule has 2 aromatic carbocycles. The summed E-state index contributed by atoms with van der Waals surface area (Å²) in [4.78, 5) is 22.8. The smallest absolute Gasteiger partial charge is 0.344 e. The molecule has 2 aromatic rings. The second-order valence-corrected chi connectivity index (χ2v) is 7.66. The minimum Gasteiger partial charge on any atom is -0.482 e.